The van der Waals surface area contributed by atoms with E-state index in [0.29, 0.717) is 17.4 Å². The van der Waals surface area contributed by atoms with Crippen molar-refractivity contribution in [1.82, 2.24) is 0 Å². The molecule has 1 aliphatic rings. The van der Waals surface area contributed by atoms with E-state index in [1.165, 1.54) is 0 Å². The molecule has 2 heterocycles. The number of rotatable bonds is 3. The molecule has 0 saturated carbocycles. The summed E-state index contributed by atoms with van der Waals surface area (Å²) in [6.07, 6.45) is -0.0745. The van der Waals surface area contributed by atoms with E-state index < -0.39 is 12.0 Å². The van der Waals surface area contributed by atoms with E-state index in [0.717, 1.165) is 27.4 Å². The number of nitrogens with one attached hydrogen (secondary N) is 2. The monoisotopic (exact) mass is 404 g/mol. The molecule has 0 saturated heterocycles. The molecule has 6 nitrogen and oxygen atoms in total. The van der Waals surface area contributed by atoms with Gasteiger partial charge in [0.05, 0.1) is 24.0 Å². The fraction of sp³-hybridized carbons (Fsp3) is 0.263. The third-order valence-electron chi connectivity index (χ3n) is 4.08. The van der Waals surface area contributed by atoms with Crippen LogP contribution in [0.2, 0.25) is 5.02 Å². The first-order valence-corrected chi connectivity index (χ1v) is 9.44. The summed E-state index contributed by atoms with van der Waals surface area (Å²) in [6.45, 7) is 6.60. The van der Waals surface area contributed by atoms with Crippen molar-refractivity contribution in [3.8, 4) is 0 Å². The Hall–Kier alpha value is -2.51. The Morgan fingerprint density at radius 2 is 2.04 bits per heavy atom. The molecular weight excluding hydrogens is 384 g/mol. The minimum atomic E-state index is -0.895. The minimum Gasteiger partial charge on any atom is -0.481 e. The van der Waals surface area contributed by atoms with Gasteiger partial charge in [-0.05, 0) is 43.6 Å². The van der Waals surface area contributed by atoms with Gasteiger partial charge in [0.1, 0.15) is 5.00 Å². The highest BCUT2D eigenvalue weighted by molar-refractivity contribution is 7.15. The fourth-order valence-corrected chi connectivity index (χ4v) is 4.17. The van der Waals surface area contributed by atoms with Crippen molar-refractivity contribution in [1.29, 1.82) is 10.8 Å². The summed E-state index contributed by atoms with van der Waals surface area (Å²) in [6, 6.07) is 6.97. The van der Waals surface area contributed by atoms with Crippen LogP contribution in [0.5, 0.6) is 0 Å². The van der Waals surface area contributed by atoms with Gasteiger partial charge in [-0.2, -0.15) is 0 Å². The van der Waals surface area contributed by atoms with Crippen molar-refractivity contribution in [3.05, 3.63) is 51.4 Å². The van der Waals surface area contributed by atoms with Crippen LogP contribution in [0.4, 0.5) is 5.00 Å². The maximum absolute atomic E-state index is 11.3. The Morgan fingerprint density at radius 1 is 1.41 bits per heavy atom. The van der Waals surface area contributed by atoms with E-state index in [-0.39, 0.29) is 6.42 Å². The SMILES string of the molecule is C=N.CC(=N)N1C[C@H](CC(=O)O)N=C(c2ccc(Cl)cc2)c2c(C)csc21. The lowest BCUT2D eigenvalue weighted by Gasteiger charge is -2.23. The van der Waals surface area contributed by atoms with E-state index >= 15 is 0 Å². The van der Waals surface area contributed by atoms with Crippen LogP contribution >= 0.6 is 22.9 Å². The molecule has 1 aliphatic heterocycles. The van der Waals surface area contributed by atoms with Crippen molar-refractivity contribution < 1.29 is 9.90 Å². The first-order chi connectivity index (χ1) is 12.9. The number of thiophene rings is 1. The lowest BCUT2D eigenvalue weighted by Crippen LogP contribution is -2.34. The van der Waals surface area contributed by atoms with E-state index in [1.807, 2.05) is 29.3 Å². The Balaban J connectivity index is 0.00000126. The molecule has 27 heavy (non-hydrogen) atoms. The van der Waals surface area contributed by atoms with Gasteiger partial charge in [0.15, 0.2) is 0 Å². The highest BCUT2D eigenvalue weighted by Gasteiger charge is 2.29. The molecule has 0 aliphatic carbocycles. The molecule has 0 radical (unpaired) electrons. The summed E-state index contributed by atoms with van der Waals surface area (Å²) in [7, 11) is 0. The van der Waals surface area contributed by atoms with Gasteiger partial charge in [-0.25, -0.2) is 0 Å². The second kappa shape index (κ2) is 8.92. The van der Waals surface area contributed by atoms with Crippen LogP contribution < -0.4 is 4.90 Å². The molecule has 2 aromatic rings. The minimum absolute atomic E-state index is 0.0745. The Morgan fingerprint density at radius 3 is 2.59 bits per heavy atom. The number of halogens is 1. The average Bonchev–Trinajstić information content (AvgIpc) is 2.91. The van der Waals surface area contributed by atoms with Gasteiger partial charge in [0.25, 0.3) is 0 Å². The Bertz CT molecular complexity index is 876. The van der Waals surface area contributed by atoms with Gasteiger partial charge in [-0.3, -0.25) is 15.2 Å². The van der Waals surface area contributed by atoms with Gasteiger partial charge >= 0.3 is 5.97 Å². The van der Waals surface area contributed by atoms with Crippen LogP contribution in [0, 0.1) is 17.7 Å². The highest BCUT2D eigenvalue weighted by Crippen LogP contribution is 2.36. The lowest BCUT2D eigenvalue weighted by molar-refractivity contribution is -0.137. The second-order valence-electron chi connectivity index (χ2n) is 6.03. The molecule has 0 fully saturated rings. The highest BCUT2D eigenvalue weighted by atomic mass is 35.5. The molecule has 0 spiro atoms. The first-order valence-electron chi connectivity index (χ1n) is 8.19. The zero-order valence-electron chi connectivity index (χ0n) is 15.1. The summed E-state index contributed by atoms with van der Waals surface area (Å²) in [5, 5.41) is 26.5. The predicted octanol–water partition coefficient (Wildman–Crippen LogP) is 4.47. The van der Waals surface area contributed by atoms with Gasteiger partial charge in [-0.1, -0.05) is 23.7 Å². The number of hydrogen-bond acceptors (Lipinski definition) is 5. The Labute approximate surface area is 167 Å². The van der Waals surface area contributed by atoms with Crippen molar-refractivity contribution in [3.63, 3.8) is 0 Å². The molecule has 0 amide bonds. The normalized spacial score (nSPS) is 15.7. The van der Waals surface area contributed by atoms with E-state index in [4.69, 9.17) is 27.4 Å². The summed E-state index contributed by atoms with van der Waals surface area (Å²) in [5.74, 6) is -0.514. The van der Waals surface area contributed by atoms with Crippen LogP contribution in [-0.4, -0.2) is 41.9 Å². The van der Waals surface area contributed by atoms with E-state index in [9.17, 15) is 9.90 Å². The van der Waals surface area contributed by atoms with Gasteiger partial charge in [-0.15, -0.1) is 11.3 Å². The molecule has 0 unspecified atom stereocenters. The molecule has 1 aromatic carbocycles. The number of aliphatic imine (C=N–C) groups is 1. The topological polar surface area (TPSA) is 101 Å². The van der Waals surface area contributed by atoms with Crippen molar-refractivity contribution in [2.75, 3.05) is 11.4 Å². The van der Waals surface area contributed by atoms with Crippen LogP contribution in [0.25, 0.3) is 0 Å². The van der Waals surface area contributed by atoms with E-state index in [2.05, 4.69) is 6.72 Å². The molecule has 8 heteroatoms. The van der Waals surface area contributed by atoms with Crippen LogP contribution in [0.1, 0.15) is 30.0 Å². The number of carbonyl (C=O) groups is 1. The van der Waals surface area contributed by atoms with Crippen LogP contribution in [0.15, 0.2) is 34.6 Å². The first kappa shape index (κ1) is 20.8. The Kier molecular flexibility index (Phi) is 6.87. The molecule has 1 atom stereocenters. The number of carboxylic acid groups (broad SMARTS) is 1. The number of benzene rings is 1. The number of aliphatic carboxylic acids is 1. The number of carboxylic acids is 1. The van der Waals surface area contributed by atoms with Gasteiger partial charge in [0.2, 0.25) is 0 Å². The standard InChI is InChI=1S/C18H18ClN3O2S.CH3N/c1-10-9-25-18-16(10)17(12-3-5-13(19)6-4-12)21-14(7-15(23)24)8-22(18)11(2)20;1-2/h3-6,9,14,20H,7-8H2,1-2H3,(H,23,24);2H,1H2/t14-;/m0./s1. The largest absolute Gasteiger partial charge is 0.481 e. The maximum atomic E-state index is 11.3. The number of anilines is 1. The zero-order valence-corrected chi connectivity index (χ0v) is 16.7. The molecule has 0 bridgehead atoms. The average molecular weight is 405 g/mol. The van der Waals surface area contributed by atoms with Crippen LogP contribution in [-0.2, 0) is 4.79 Å². The quantitative estimate of drug-likeness (QED) is 0.519. The molecule has 1 aromatic heterocycles. The zero-order chi connectivity index (χ0) is 20.1. The summed E-state index contributed by atoms with van der Waals surface area (Å²) >= 11 is 7.56. The number of hydrogen-bond donors (Lipinski definition) is 3. The van der Waals surface area contributed by atoms with Gasteiger partial charge < -0.3 is 15.4 Å². The third kappa shape index (κ3) is 4.61. The summed E-state index contributed by atoms with van der Waals surface area (Å²) in [5.41, 5.74) is 3.69. The summed E-state index contributed by atoms with van der Waals surface area (Å²) in [4.78, 5) is 17.9. The summed E-state index contributed by atoms with van der Waals surface area (Å²) < 4.78 is 0. The number of amidine groups is 1. The fourth-order valence-electron chi connectivity index (χ4n) is 2.93. The second-order valence-corrected chi connectivity index (χ2v) is 7.33. The number of nitrogens with zero attached hydrogens (tertiary/aromatic N) is 2. The van der Waals surface area contributed by atoms with Crippen LogP contribution in [0.3, 0.4) is 0 Å². The maximum Gasteiger partial charge on any atom is 0.305 e. The van der Waals surface area contributed by atoms with Crippen molar-refractivity contribution in [2.45, 2.75) is 26.3 Å². The molecular formula is C19H21ClN4O2S. The number of aryl methyl sites for hydroxylation is 1. The predicted molar refractivity (Wildman–Crippen MR) is 113 cm³/mol. The molecule has 3 N–H and O–H groups in total. The van der Waals surface area contributed by atoms with Crippen molar-refractivity contribution >= 4 is 52.2 Å². The molecule has 3 rings (SSSR count). The van der Waals surface area contributed by atoms with Gasteiger partial charge in [0, 0.05) is 22.7 Å². The lowest BCUT2D eigenvalue weighted by atomic mass is 10.0. The number of fused-ring (bicyclic) bond motifs is 1. The van der Waals surface area contributed by atoms with E-state index in [1.54, 1.807) is 30.4 Å². The molecule has 142 valence electrons. The third-order valence-corrected chi connectivity index (χ3v) is 5.45. The van der Waals surface area contributed by atoms with Crippen molar-refractivity contribution in [2.24, 2.45) is 4.99 Å². The smallest absolute Gasteiger partial charge is 0.305 e.